The molecule has 10 heteroatoms. The Kier molecular flexibility index (Phi) is 4.85. The fourth-order valence-electron chi connectivity index (χ4n) is 3.99. The first-order chi connectivity index (χ1) is 14.1. The quantitative estimate of drug-likeness (QED) is 0.745. The Morgan fingerprint density at radius 2 is 2.00 bits per heavy atom. The van der Waals surface area contributed by atoms with Crippen molar-refractivity contribution in [1.82, 2.24) is 4.98 Å². The van der Waals surface area contributed by atoms with Crippen LogP contribution in [0.25, 0.3) is 0 Å². The molecular weight excluding hydrogens is 431 g/mol. The highest BCUT2D eigenvalue weighted by molar-refractivity contribution is 7.93. The van der Waals surface area contributed by atoms with Gasteiger partial charge < -0.3 is 11.1 Å². The largest absolute Gasteiger partial charge is 0.386 e. The van der Waals surface area contributed by atoms with Crippen LogP contribution in [0.3, 0.4) is 0 Å². The second-order valence-electron chi connectivity index (χ2n) is 7.89. The zero-order valence-corrected chi connectivity index (χ0v) is 17.7. The second-order valence-corrected chi connectivity index (χ2v) is 10.6. The smallest absolute Gasteiger partial charge is 0.274 e. The number of benzene rings is 1. The van der Waals surface area contributed by atoms with E-state index in [-0.39, 0.29) is 28.5 Å². The van der Waals surface area contributed by atoms with Crippen LogP contribution in [0, 0.1) is 5.82 Å². The molecule has 1 atom stereocenters. The molecule has 2 aromatic rings. The van der Waals surface area contributed by atoms with Crippen molar-refractivity contribution in [2.45, 2.75) is 36.5 Å². The Hall–Kier alpha value is -2.52. The van der Waals surface area contributed by atoms with E-state index in [9.17, 15) is 17.6 Å². The number of aliphatic imine (C=N–C) groups is 1. The minimum Gasteiger partial charge on any atom is -0.386 e. The molecule has 1 amide bonds. The van der Waals surface area contributed by atoms with Crippen molar-refractivity contribution in [3.63, 3.8) is 0 Å². The second kappa shape index (κ2) is 7.02. The van der Waals surface area contributed by atoms with Gasteiger partial charge in [0.25, 0.3) is 5.91 Å². The molecule has 2 aliphatic rings. The van der Waals surface area contributed by atoms with E-state index in [2.05, 4.69) is 15.3 Å². The van der Waals surface area contributed by atoms with Crippen molar-refractivity contribution in [3.8, 4) is 0 Å². The molecule has 3 N–H and O–H groups in total. The lowest BCUT2D eigenvalue weighted by atomic mass is 9.82. The van der Waals surface area contributed by atoms with Crippen LogP contribution in [-0.4, -0.2) is 35.6 Å². The molecule has 30 heavy (non-hydrogen) atoms. The first kappa shape index (κ1) is 20.7. The molecule has 1 aliphatic carbocycles. The third-order valence-electron chi connectivity index (χ3n) is 5.83. The number of amides is 1. The Morgan fingerprint density at radius 1 is 1.27 bits per heavy atom. The summed E-state index contributed by atoms with van der Waals surface area (Å²) in [6, 6.07) is 6.92. The number of anilines is 1. The molecule has 1 fully saturated rings. The number of pyridine rings is 1. The highest BCUT2D eigenvalue weighted by atomic mass is 35.5. The number of halogens is 2. The van der Waals surface area contributed by atoms with E-state index >= 15 is 0 Å². The predicted octanol–water partition coefficient (Wildman–Crippen LogP) is 3.05. The lowest BCUT2D eigenvalue weighted by Crippen LogP contribution is -2.61. The summed E-state index contributed by atoms with van der Waals surface area (Å²) in [6.45, 7) is 1.54. The van der Waals surface area contributed by atoms with Crippen molar-refractivity contribution in [2.75, 3.05) is 11.1 Å². The van der Waals surface area contributed by atoms with Crippen LogP contribution in [0.5, 0.6) is 0 Å². The van der Waals surface area contributed by atoms with E-state index in [1.54, 1.807) is 0 Å². The number of nitrogens with two attached hydrogens (primary N) is 1. The molecule has 158 valence electrons. The normalized spacial score (nSPS) is 24.0. The van der Waals surface area contributed by atoms with Gasteiger partial charge in [-0.2, -0.15) is 0 Å². The van der Waals surface area contributed by atoms with Crippen molar-refractivity contribution in [3.05, 3.63) is 58.6 Å². The van der Waals surface area contributed by atoms with Gasteiger partial charge in [0.15, 0.2) is 9.84 Å². The van der Waals surface area contributed by atoms with Gasteiger partial charge in [0.1, 0.15) is 27.6 Å². The third kappa shape index (κ3) is 3.26. The average Bonchev–Trinajstić information content (AvgIpc) is 2.61. The van der Waals surface area contributed by atoms with Gasteiger partial charge >= 0.3 is 0 Å². The van der Waals surface area contributed by atoms with Crippen molar-refractivity contribution in [1.29, 1.82) is 0 Å². The molecule has 2 heterocycles. The standard InChI is InChI=1S/C20H20ClFN4O3S/c1-19(11-30(28,29)20(7-2-8-20)18(23)26-19)14-9-13(4-5-15(14)22)25-17(27)16-6-3-12(21)10-24-16/h3-6,9-10H,2,7-8,11H2,1H3,(H2,23,26)(H,25,27). The third-order valence-corrected chi connectivity index (χ3v) is 8.80. The summed E-state index contributed by atoms with van der Waals surface area (Å²) in [5.74, 6) is -1.46. The van der Waals surface area contributed by atoms with Crippen LogP contribution in [0.1, 0.15) is 42.2 Å². The maximum absolute atomic E-state index is 14.7. The first-order valence-corrected chi connectivity index (χ1v) is 11.4. The van der Waals surface area contributed by atoms with Crippen LogP contribution in [0.2, 0.25) is 5.02 Å². The SMILES string of the molecule is CC1(c2cc(NC(=O)c3ccc(Cl)cn3)ccc2F)CS(=O)(=O)C2(CCC2)C(N)=N1. The summed E-state index contributed by atoms with van der Waals surface area (Å²) in [7, 11) is -3.62. The highest BCUT2D eigenvalue weighted by Crippen LogP contribution is 2.47. The number of sulfone groups is 1. The van der Waals surface area contributed by atoms with Gasteiger partial charge in [-0.25, -0.2) is 17.8 Å². The summed E-state index contributed by atoms with van der Waals surface area (Å²) in [4.78, 5) is 20.8. The molecule has 7 nitrogen and oxygen atoms in total. The van der Waals surface area contributed by atoms with Crippen LogP contribution in [-0.2, 0) is 15.4 Å². The van der Waals surface area contributed by atoms with Gasteiger partial charge in [0, 0.05) is 17.4 Å². The van der Waals surface area contributed by atoms with E-state index in [1.165, 1.54) is 37.4 Å². The number of carbonyl (C=O) groups excluding carboxylic acids is 1. The molecule has 4 rings (SSSR count). The van der Waals surface area contributed by atoms with Gasteiger partial charge in [-0.05, 0) is 56.5 Å². The minimum absolute atomic E-state index is 0.0294. The zero-order valence-electron chi connectivity index (χ0n) is 16.2. The summed E-state index contributed by atoms with van der Waals surface area (Å²) < 4.78 is 39.6. The summed E-state index contributed by atoms with van der Waals surface area (Å²) >= 11 is 5.78. The fraction of sp³-hybridized carbons (Fsp3) is 0.350. The Bertz CT molecular complexity index is 1160. The molecule has 0 bridgehead atoms. The lowest BCUT2D eigenvalue weighted by Gasteiger charge is -2.46. The number of carbonyl (C=O) groups is 1. The van der Waals surface area contributed by atoms with E-state index in [0.717, 1.165) is 12.5 Å². The molecule has 1 unspecified atom stereocenters. The molecule has 1 aromatic carbocycles. The number of nitrogens with zero attached hydrogens (tertiary/aromatic N) is 2. The van der Waals surface area contributed by atoms with Gasteiger partial charge in [0.05, 0.1) is 10.8 Å². The Balaban J connectivity index is 1.68. The number of nitrogens with one attached hydrogen (secondary N) is 1. The molecule has 1 spiro atoms. The highest BCUT2D eigenvalue weighted by Gasteiger charge is 2.58. The maximum atomic E-state index is 14.7. The van der Waals surface area contributed by atoms with Crippen LogP contribution in [0.4, 0.5) is 10.1 Å². The minimum atomic E-state index is -3.62. The van der Waals surface area contributed by atoms with Gasteiger partial charge in [-0.3, -0.25) is 9.79 Å². The lowest BCUT2D eigenvalue weighted by molar-refractivity contribution is 0.102. The molecule has 0 radical (unpaired) electrons. The summed E-state index contributed by atoms with van der Waals surface area (Å²) in [5.41, 5.74) is 5.14. The number of hydrogen-bond donors (Lipinski definition) is 2. The van der Waals surface area contributed by atoms with Crippen molar-refractivity contribution in [2.24, 2.45) is 10.7 Å². The van der Waals surface area contributed by atoms with Crippen molar-refractivity contribution < 1.29 is 17.6 Å². The fourth-order valence-corrected chi connectivity index (χ4v) is 6.61. The number of aromatic nitrogens is 1. The monoisotopic (exact) mass is 450 g/mol. The van der Waals surface area contributed by atoms with Crippen LogP contribution >= 0.6 is 11.6 Å². The van der Waals surface area contributed by atoms with E-state index in [0.29, 0.717) is 17.9 Å². The van der Waals surface area contributed by atoms with Crippen LogP contribution in [0.15, 0.2) is 41.5 Å². The van der Waals surface area contributed by atoms with E-state index < -0.39 is 31.8 Å². The molecule has 0 saturated heterocycles. The van der Waals surface area contributed by atoms with Crippen LogP contribution < -0.4 is 11.1 Å². The van der Waals surface area contributed by atoms with Gasteiger partial charge in [0.2, 0.25) is 0 Å². The first-order valence-electron chi connectivity index (χ1n) is 9.37. The zero-order chi connectivity index (χ0) is 21.7. The summed E-state index contributed by atoms with van der Waals surface area (Å²) in [5, 5.41) is 3.02. The molecule has 1 aliphatic heterocycles. The molecule has 1 aromatic heterocycles. The number of hydrogen-bond acceptors (Lipinski definition) is 6. The van der Waals surface area contributed by atoms with E-state index in [4.69, 9.17) is 17.3 Å². The maximum Gasteiger partial charge on any atom is 0.274 e. The van der Waals surface area contributed by atoms with E-state index in [1.807, 2.05) is 0 Å². The Labute approximate surface area is 178 Å². The van der Waals surface area contributed by atoms with Gasteiger partial charge in [-0.1, -0.05) is 11.6 Å². The summed E-state index contributed by atoms with van der Waals surface area (Å²) in [6.07, 6.45) is 2.98. The molecular formula is C20H20ClFN4O3S. The van der Waals surface area contributed by atoms with Gasteiger partial charge in [-0.15, -0.1) is 0 Å². The predicted molar refractivity (Wildman–Crippen MR) is 113 cm³/mol. The topological polar surface area (TPSA) is 115 Å². The molecule has 1 saturated carbocycles. The Morgan fingerprint density at radius 3 is 2.57 bits per heavy atom. The average molecular weight is 451 g/mol. The number of amidine groups is 1. The van der Waals surface area contributed by atoms with Crippen molar-refractivity contribution >= 4 is 38.9 Å². The number of rotatable bonds is 3.